The summed E-state index contributed by atoms with van der Waals surface area (Å²) >= 11 is 9.17. The summed E-state index contributed by atoms with van der Waals surface area (Å²) in [5.74, 6) is 0.811. The van der Waals surface area contributed by atoms with E-state index >= 15 is 0 Å². The lowest BCUT2D eigenvalue weighted by atomic mass is 10.1. The minimum atomic E-state index is 0.672. The zero-order valence-electron chi connectivity index (χ0n) is 12.0. The van der Waals surface area contributed by atoms with Gasteiger partial charge in [-0.25, -0.2) is 0 Å². The molecule has 3 rings (SSSR count). The molecule has 0 saturated carbocycles. The monoisotopic (exact) mass is 362 g/mol. The zero-order chi connectivity index (χ0) is 15.1. The number of aromatic amines is 1. The molecular weight excluding hydrogens is 348 g/mol. The first-order valence-corrected chi connectivity index (χ1v) is 7.77. The third kappa shape index (κ3) is 2.40. The van der Waals surface area contributed by atoms with E-state index < -0.39 is 0 Å². The van der Waals surface area contributed by atoms with Gasteiger partial charge in [0.2, 0.25) is 0 Å². The van der Waals surface area contributed by atoms with Crippen molar-refractivity contribution in [3.8, 4) is 11.4 Å². The summed E-state index contributed by atoms with van der Waals surface area (Å²) in [6.45, 7) is 4.17. The number of nitrogens with one attached hydrogen (secondary N) is 1. The van der Waals surface area contributed by atoms with Crippen molar-refractivity contribution in [2.75, 3.05) is 7.11 Å². The summed E-state index contributed by atoms with van der Waals surface area (Å²) in [7, 11) is 1.67. The molecule has 3 aromatic rings. The van der Waals surface area contributed by atoms with Crippen molar-refractivity contribution in [1.82, 2.24) is 9.55 Å². The third-order valence-corrected chi connectivity index (χ3v) is 4.40. The van der Waals surface area contributed by atoms with Gasteiger partial charge in [0.15, 0.2) is 4.77 Å². The normalized spacial score (nSPS) is 11.0. The fourth-order valence-corrected chi connectivity index (χ4v) is 3.77. The van der Waals surface area contributed by atoms with Crippen LogP contribution in [0.15, 0.2) is 34.8 Å². The first kappa shape index (κ1) is 14.4. The molecule has 0 spiro atoms. The van der Waals surface area contributed by atoms with E-state index in [0.717, 1.165) is 26.9 Å². The molecule has 1 aromatic heterocycles. The highest BCUT2D eigenvalue weighted by Gasteiger charge is 2.13. The molecule has 1 heterocycles. The molecule has 108 valence electrons. The highest BCUT2D eigenvalue weighted by Crippen LogP contribution is 2.31. The largest absolute Gasteiger partial charge is 0.497 e. The summed E-state index contributed by atoms with van der Waals surface area (Å²) in [5.41, 5.74) is 5.44. The van der Waals surface area contributed by atoms with Crippen molar-refractivity contribution >= 4 is 39.2 Å². The Labute approximate surface area is 136 Å². The molecule has 0 amide bonds. The maximum absolute atomic E-state index is 5.51. The molecule has 0 atom stereocenters. The van der Waals surface area contributed by atoms with E-state index in [-0.39, 0.29) is 0 Å². The molecule has 1 N–H and O–H groups in total. The molecule has 0 aliphatic carbocycles. The molecule has 0 aliphatic rings. The summed E-state index contributed by atoms with van der Waals surface area (Å²) < 4.78 is 9.08. The van der Waals surface area contributed by atoms with Crippen LogP contribution in [0.4, 0.5) is 0 Å². The Balaban J connectivity index is 2.40. The number of ether oxygens (including phenoxy) is 1. The topological polar surface area (TPSA) is 29.9 Å². The van der Waals surface area contributed by atoms with Crippen LogP contribution in [0.25, 0.3) is 16.7 Å². The molecule has 5 heteroatoms. The number of hydrogen-bond donors (Lipinski definition) is 1. The number of methoxy groups -OCH3 is 1. The van der Waals surface area contributed by atoms with E-state index in [0.29, 0.717) is 4.77 Å². The summed E-state index contributed by atoms with van der Waals surface area (Å²) in [4.78, 5) is 3.25. The quantitative estimate of drug-likeness (QED) is 0.644. The van der Waals surface area contributed by atoms with Gasteiger partial charge in [0.1, 0.15) is 5.75 Å². The molecular formula is C16H15BrN2OS. The minimum Gasteiger partial charge on any atom is -0.497 e. The van der Waals surface area contributed by atoms with Crippen LogP contribution >= 0.6 is 28.1 Å². The lowest BCUT2D eigenvalue weighted by molar-refractivity contribution is 0.415. The SMILES string of the molecule is COc1ccc2[nH]c(=S)n(-c3c(C)cc(C)cc3Br)c2c1. The van der Waals surface area contributed by atoms with Gasteiger partial charge in [-0.3, -0.25) is 4.57 Å². The van der Waals surface area contributed by atoms with Crippen LogP contribution in [-0.2, 0) is 0 Å². The van der Waals surface area contributed by atoms with Gasteiger partial charge in [-0.05, 0) is 71.3 Å². The third-order valence-electron chi connectivity index (χ3n) is 3.51. The molecule has 3 nitrogen and oxygen atoms in total. The molecule has 0 radical (unpaired) electrons. The maximum atomic E-state index is 5.51. The summed E-state index contributed by atoms with van der Waals surface area (Å²) in [5, 5.41) is 0. The van der Waals surface area contributed by atoms with Gasteiger partial charge in [-0.2, -0.15) is 0 Å². The predicted octanol–water partition coefficient (Wildman–Crippen LogP) is 5.08. The zero-order valence-corrected chi connectivity index (χ0v) is 14.4. The van der Waals surface area contributed by atoms with E-state index in [1.54, 1.807) is 7.11 Å². The van der Waals surface area contributed by atoms with Gasteiger partial charge in [0.05, 0.1) is 23.8 Å². The van der Waals surface area contributed by atoms with Gasteiger partial charge < -0.3 is 9.72 Å². The van der Waals surface area contributed by atoms with Gasteiger partial charge in [0.25, 0.3) is 0 Å². The Morgan fingerprint density at radius 2 is 1.95 bits per heavy atom. The van der Waals surface area contributed by atoms with Crippen LogP contribution in [0.2, 0.25) is 0 Å². The van der Waals surface area contributed by atoms with Crippen molar-refractivity contribution in [2.45, 2.75) is 13.8 Å². The molecule has 0 bridgehead atoms. The highest BCUT2D eigenvalue weighted by atomic mass is 79.9. The Morgan fingerprint density at radius 3 is 2.62 bits per heavy atom. The number of aryl methyl sites for hydroxylation is 2. The van der Waals surface area contributed by atoms with E-state index in [1.807, 2.05) is 22.8 Å². The highest BCUT2D eigenvalue weighted by molar-refractivity contribution is 9.10. The predicted molar refractivity (Wildman–Crippen MR) is 92.2 cm³/mol. The number of nitrogens with zero attached hydrogens (tertiary/aromatic N) is 1. The summed E-state index contributed by atoms with van der Waals surface area (Å²) in [6, 6.07) is 10.2. The smallest absolute Gasteiger partial charge is 0.182 e. The first-order chi connectivity index (χ1) is 10.0. The van der Waals surface area contributed by atoms with Crippen molar-refractivity contribution in [1.29, 1.82) is 0 Å². The maximum Gasteiger partial charge on any atom is 0.182 e. The minimum absolute atomic E-state index is 0.672. The second-order valence-corrected chi connectivity index (χ2v) is 6.30. The van der Waals surface area contributed by atoms with E-state index in [9.17, 15) is 0 Å². The lowest BCUT2D eigenvalue weighted by Crippen LogP contribution is -1.99. The fourth-order valence-electron chi connectivity index (χ4n) is 2.62. The molecule has 0 aliphatic heterocycles. The number of hydrogen-bond acceptors (Lipinski definition) is 2. The Hall–Kier alpha value is -1.59. The second-order valence-electron chi connectivity index (χ2n) is 5.06. The van der Waals surface area contributed by atoms with E-state index in [1.165, 1.54) is 11.1 Å². The Bertz CT molecular complexity index is 872. The van der Waals surface area contributed by atoms with E-state index in [2.05, 4.69) is 46.9 Å². The van der Waals surface area contributed by atoms with Crippen LogP contribution in [0.5, 0.6) is 5.75 Å². The second kappa shape index (κ2) is 5.31. The number of imidazole rings is 1. The van der Waals surface area contributed by atoms with Crippen LogP contribution in [0, 0.1) is 18.6 Å². The molecule has 0 fully saturated rings. The number of halogens is 1. The average Bonchev–Trinajstić information content (AvgIpc) is 2.73. The van der Waals surface area contributed by atoms with Crippen LogP contribution in [0.3, 0.4) is 0 Å². The number of rotatable bonds is 2. The van der Waals surface area contributed by atoms with Gasteiger partial charge >= 0.3 is 0 Å². The molecule has 0 unspecified atom stereocenters. The number of fused-ring (bicyclic) bond motifs is 1. The first-order valence-electron chi connectivity index (χ1n) is 6.57. The van der Waals surface area contributed by atoms with Crippen molar-refractivity contribution in [3.63, 3.8) is 0 Å². The van der Waals surface area contributed by atoms with Gasteiger partial charge in [-0.1, -0.05) is 6.07 Å². The van der Waals surface area contributed by atoms with Crippen molar-refractivity contribution < 1.29 is 4.74 Å². The number of benzene rings is 2. The van der Waals surface area contributed by atoms with Crippen molar-refractivity contribution in [3.05, 3.63) is 50.7 Å². The van der Waals surface area contributed by atoms with Gasteiger partial charge in [0, 0.05) is 10.5 Å². The average molecular weight is 363 g/mol. The van der Waals surface area contributed by atoms with Crippen LogP contribution in [-0.4, -0.2) is 16.7 Å². The van der Waals surface area contributed by atoms with Gasteiger partial charge in [-0.15, -0.1) is 0 Å². The lowest BCUT2D eigenvalue weighted by Gasteiger charge is -2.12. The van der Waals surface area contributed by atoms with Crippen molar-refractivity contribution in [2.24, 2.45) is 0 Å². The standard InChI is InChI=1S/C16H15BrN2OS/c1-9-6-10(2)15(12(17)7-9)19-14-8-11(20-3)4-5-13(14)18-16(19)21/h4-8H,1-3H3,(H,18,21). The van der Waals surface area contributed by atoms with Crippen LogP contribution < -0.4 is 4.74 Å². The number of H-pyrrole nitrogens is 1. The number of aromatic nitrogens is 2. The fraction of sp³-hybridized carbons (Fsp3) is 0.188. The Kier molecular flexibility index (Phi) is 3.63. The molecule has 0 saturated heterocycles. The molecule has 21 heavy (non-hydrogen) atoms. The molecule has 2 aromatic carbocycles. The van der Waals surface area contributed by atoms with E-state index in [4.69, 9.17) is 17.0 Å². The summed E-state index contributed by atoms with van der Waals surface area (Å²) in [6.07, 6.45) is 0. The Morgan fingerprint density at radius 1 is 1.19 bits per heavy atom. The van der Waals surface area contributed by atoms with Crippen LogP contribution in [0.1, 0.15) is 11.1 Å².